The minimum absolute atomic E-state index is 0.0829. The average molecular weight is 522 g/mol. The Bertz CT molecular complexity index is 1350. The van der Waals surface area contributed by atoms with Crippen molar-refractivity contribution < 1.29 is 36.6 Å². The molecule has 3 aromatic rings. The van der Waals surface area contributed by atoms with Gasteiger partial charge in [-0.15, -0.1) is 16.4 Å². The third kappa shape index (κ3) is 5.15. The van der Waals surface area contributed by atoms with E-state index >= 15 is 0 Å². The zero-order valence-corrected chi connectivity index (χ0v) is 20.9. The van der Waals surface area contributed by atoms with Crippen molar-refractivity contribution >= 4 is 38.1 Å². The highest BCUT2D eigenvalue weighted by Crippen LogP contribution is 2.39. The number of thiophene rings is 1. The van der Waals surface area contributed by atoms with Crippen molar-refractivity contribution in [3.8, 4) is 23.0 Å². The van der Waals surface area contributed by atoms with Gasteiger partial charge in [0.05, 0.1) is 26.4 Å². The fourth-order valence-corrected chi connectivity index (χ4v) is 5.90. The Balaban J connectivity index is 1.53. The zero-order chi connectivity index (χ0) is 25.2. The Kier molecular flexibility index (Phi) is 7.08. The Morgan fingerprint density at radius 3 is 2.49 bits per heavy atom. The van der Waals surface area contributed by atoms with Crippen LogP contribution in [0, 0.1) is 0 Å². The number of methoxy groups -OCH3 is 2. The van der Waals surface area contributed by atoms with E-state index in [1.807, 2.05) is 0 Å². The van der Waals surface area contributed by atoms with Crippen molar-refractivity contribution in [2.45, 2.75) is 31.4 Å². The van der Waals surface area contributed by atoms with E-state index < -0.39 is 32.7 Å². The number of esters is 1. The van der Waals surface area contributed by atoms with Crippen LogP contribution >= 0.6 is 11.3 Å². The number of aromatic nitrogens is 2. The Morgan fingerprint density at radius 2 is 1.83 bits per heavy atom. The van der Waals surface area contributed by atoms with Crippen LogP contribution in [0.3, 0.4) is 0 Å². The van der Waals surface area contributed by atoms with E-state index in [4.69, 9.17) is 18.6 Å². The van der Waals surface area contributed by atoms with Crippen LogP contribution in [0.15, 0.2) is 27.8 Å². The molecule has 1 amide bonds. The molecule has 0 aliphatic heterocycles. The van der Waals surface area contributed by atoms with Crippen molar-refractivity contribution in [3.05, 3.63) is 34.2 Å². The molecule has 0 unspecified atom stereocenters. The summed E-state index contributed by atoms with van der Waals surface area (Å²) in [5.74, 6) is -1.51. The van der Waals surface area contributed by atoms with Gasteiger partial charge in [-0.1, -0.05) is 5.10 Å². The Hall–Kier alpha value is -3.45. The summed E-state index contributed by atoms with van der Waals surface area (Å²) in [6.45, 7) is 1.87. The largest absolute Gasteiger partial charge is 0.497 e. The van der Waals surface area contributed by atoms with Gasteiger partial charge in [0.15, 0.2) is 0 Å². The van der Waals surface area contributed by atoms with Crippen LogP contribution < -0.4 is 14.8 Å². The molecule has 0 saturated carbocycles. The lowest BCUT2D eigenvalue weighted by Crippen LogP contribution is -2.24. The van der Waals surface area contributed by atoms with Crippen molar-refractivity contribution in [2.24, 2.45) is 0 Å². The van der Waals surface area contributed by atoms with Gasteiger partial charge in [-0.3, -0.25) is 4.79 Å². The quantitative estimate of drug-likeness (QED) is 0.417. The number of amides is 1. The maximum Gasteiger partial charge on any atom is 0.341 e. The molecular formula is C22H23N3O8S2. The van der Waals surface area contributed by atoms with E-state index in [2.05, 4.69) is 15.5 Å². The first-order chi connectivity index (χ1) is 16.7. The van der Waals surface area contributed by atoms with Crippen LogP contribution in [0.2, 0.25) is 0 Å². The minimum atomic E-state index is -4.26. The van der Waals surface area contributed by atoms with Crippen LogP contribution in [-0.2, 0) is 32.2 Å². The second kappa shape index (κ2) is 10.0. The fraction of sp³-hybridized carbons (Fsp3) is 0.364. The van der Waals surface area contributed by atoms with Gasteiger partial charge in [0.1, 0.15) is 22.3 Å². The second-order valence-corrected chi connectivity index (χ2v) is 10.5. The van der Waals surface area contributed by atoms with Gasteiger partial charge in [0.25, 0.3) is 0 Å². The van der Waals surface area contributed by atoms with Crippen LogP contribution in [0.4, 0.5) is 5.00 Å². The maximum atomic E-state index is 12.8. The summed E-state index contributed by atoms with van der Waals surface area (Å²) in [6.07, 6.45) is 2.41. The highest BCUT2D eigenvalue weighted by molar-refractivity contribution is 7.91. The number of carbonyl (C=O) groups is 2. The SMILES string of the molecule is CCOC(=O)c1c(NC(=O)CS(=O)(=O)c2nnc(-c3cc(OC)cc(OC)c3)o2)sc2c1CCC2. The van der Waals surface area contributed by atoms with Crippen LogP contribution in [-0.4, -0.2) is 57.1 Å². The molecule has 1 N–H and O–H groups in total. The number of fused-ring (bicyclic) bond motifs is 1. The van der Waals surface area contributed by atoms with Crippen molar-refractivity contribution in [1.82, 2.24) is 10.2 Å². The first-order valence-corrected chi connectivity index (χ1v) is 13.1. The van der Waals surface area contributed by atoms with Gasteiger partial charge < -0.3 is 23.9 Å². The highest BCUT2D eigenvalue weighted by Gasteiger charge is 2.31. The summed E-state index contributed by atoms with van der Waals surface area (Å²) in [7, 11) is -1.33. The number of ether oxygens (including phenoxy) is 3. The molecule has 0 saturated heterocycles. The molecule has 13 heteroatoms. The van der Waals surface area contributed by atoms with Gasteiger partial charge in [-0.25, -0.2) is 13.2 Å². The lowest BCUT2D eigenvalue weighted by atomic mass is 10.1. The molecule has 11 nitrogen and oxygen atoms in total. The van der Waals surface area contributed by atoms with Gasteiger partial charge in [0, 0.05) is 16.5 Å². The number of sulfone groups is 1. The molecule has 0 fully saturated rings. The number of rotatable bonds is 9. The third-order valence-electron chi connectivity index (χ3n) is 5.25. The van der Waals surface area contributed by atoms with E-state index in [0.29, 0.717) is 29.0 Å². The second-order valence-electron chi connectivity index (χ2n) is 7.56. The first-order valence-electron chi connectivity index (χ1n) is 10.7. The molecule has 0 spiro atoms. The fourth-order valence-electron chi connectivity index (χ4n) is 3.69. The topological polar surface area (TPSA) is 147 Å². The smallest absolute Gasteiger partial charge is 0.341 e. The molecule has 4 rings (SSSR count). The summed E-state index contributed by atoms with van der Waals surface area (Å²) in [5, 5.41) is 9.52. The monoisotopic (exact) mass is 521 g/mol. The van der Waals surface area contributed by atoms with Gasteiger partial charge in [-0.05, 0) is 43.9 Å². The molecule has 0 radical (unpaired) electrons. The van der Waals surface area contributed by atoms with Gasteiger partial charge >= 0.3 is 11.2 Å². The normalized spacial score (nSPS) is 12.8. The van der Waals surface area contributed by atoms with Crippen LogP contribution in [0.1, 0.15) is 34.1 Å². The number of aryl methyl sites for hydroxylation is 1. The molecule has 186 valence electrons. The van der Waals surface area contributed by atoms with E-state index in [1.165, 1.54) is 25.6 Å². The maximum absolute atomic E-state index is 12.8. The molecule has 0 atom stereocenters. The predicted octanol–water partition coefficient (Wildman–Crippen LogP) is 2.89. The van der Waals surface area contributed by atoms with Crippen molar-refractivity contribution in [3.63, 3.8) is 0 Å². The summed E-state index contributed by atoms with van der Waals surface area (Å²) < 4.78 is 46.5. The summed E-state index contributed by atoms with van der Waals surface area (Å²) in [5.41, 5.74) is 1.52. The molecule has 2 heterocycles. The molecule has 1 aliphatic rings. The zero-order valence-electron chi connectivity index (χ0n) is 19.2. The lowest BCUT2D eigenvalue weighted by molar-refractivity contribution is -0.113. The van der Waals surface area contributed by atoms with E-state index in [0.717, 1.165) is 23.3 Å². The third-order valence-corrected chi connectivity index (χ3v) is 7.79. The lowest BCUT2D eigenvalue weighted by Gasteiger charge is -2.07. The summed E-state index contributed by atoms with van der Waals surface area (Å²) in [6, 6.07) is 4.78. The Morgan fingerprint density at radius 1 is 1.11 bits per heavy atom. The minimum Gasteiger partial charge on any atom is -0.497 e. The predicted molar refractivity (Wildman–Crippen MR) is 126 cm³/mol. The highest BCUT2D eigenvalue weighted by atomic mass is 32.2. The number of nitrogens with zero attached hydrogens (tertiary/aromatic N) is 2. The van der Waals surface area contributed by atoms with E-state index in [-0.39, 0.29) is 17.5 Å². The molecule has 1 aromatic carbocycles. The Labute approximate surface area is 205 Å². The number of hydrogen-bond donors (Lipinski definition) is 1. The van der Waals surface area contributed by atoms with E-state index in [9.17, 15) is 18.0 Å². The molecular weight excluding hydrogens is 498 g/mol. The standard InChI is InChI=1S/C22H23N3O8S2/c1-4-32-21(27)18-15-6-5-7-16(15)34-20(18)23-17(26)11-35(28,29)22-25-24-19(33-22)12-8-13(30-2)10-14(9-12)31-3/h8-10H,4-7,11H2,1-3H3,(H,23,26). The summed E-state index contributed by atoms with van der Waals surface area (Å²) in [4.78, 5) is 26.1. The number of nitrogens with one attached hydrogen (secondary N) is 1. The average Bonchev–Trinajstić information content (AvgIpc) is 3.55. The summed E-state index contributed by atoms with van der Waals surface area (Å²) >= 11 is 1.26. The molecule has 0 bridgehead atoms. The van der Waals surface area contributed by atoms with Crippen molar-refractivity contribution in [1.29, 1.82) is 0 Å². The van der Waals surface area contributed by atoms with E-state index in [1.54, 1.807) is 25.1 Å². The number of hydrogen-bond acceptors (Lipinski definition) is 11. The molecule has 35 heavy (non-hydrogen) atoms. The van der Waals surface area contributed by atoms with Crippen LogP contribution in [0.25, 0.3) is 11.5 Å². The number of anilines is 1. The number of carbonyl (C=O) groups excluding carboxylic acids is 2. The first kappa shape index (κ1) is 24.7. The molecule has 1 aliphatic carbocycles. The van der Waals surface area contributed by atoms with Crippen LogP contribution in [0.5, 0.6) is 11.5 Å². The van der Waals surface area contributed by atoms with Crippen molar-refractivity contribution in [2.75, 3.05) is 31.9 Å². The number of benzene rings is 1. The molecule has 2 aromatic heterocycles. The van der Waals surface area contributed by atoms with Gasteiger partial charge in [0.2, 0.25) is 21.6 Å². The van der Waals surface area contributed by atoms with Gasteiger partial charge in [-0.2, -0.15) is 0 Å².